The van der Waals surface area contributed by atoms with Crippen LogP contribution in [-0.4, -0.2) is 42.0 Å². The Morgan fingerprint density at radius 3 is 2.95 bits per heavy atom. The Morgan fingerprint density at radius 2 is 2.26 bits per heavy atom. The first-order valence-corrected chi connectivity index (χ1v) is 6.87. The lowest BCUT2D eigenvalue weighted by atomic mass is 10.2. The number of nitrogen functional groups attached to an aromatic ring is 1. The van der Waals surface area contributed by atoms with Crippen molar-refractivity contribution >= 4 is 11.7 Å². The number of nitrogens with two attached hydrogens (primary N) is 1. The molecule has 0 saturated heterocycles. The van der Waals surface area contributed by atoms with Gasteiger partial charge in [-0.25, -0.2) is 4.98 Å². The van der Waals surface area contributed by atoms with E-state index >= 15 is 0 Å². The Morgan fingerprint density at radius 1 is 1.53 bits per heavy atom. The number of nitrogens with zero attached hydrogens (tertiary/aromatic N) is 2. The second-order valence-electron chi connectivity index (χ2n) is 5.14. The van der Waals surface area contributed by atoms with E-state index in [4.69, 9.17) is 5.73 Å². The molecule has 0 spiro atoms. The van der Waals surface area contributed by atoms with Gasteiger partial charge in [0.2, 0.25) is 0 Å². The summed E-state index contributed by atoms with van der Waals surface area (Å²) in [5.41, 5.74) is 6.12. The Bertz CT molecular complexity index is 429. The fourth-order valence-corrected chi connectivity index (χ4v) is 2.57. The third-order valence-electron chi connectivity index (χ3n) is 3.74. The Kier molecular flexibility index (Phi) is 4.74. The molecule has 19 heavy (non-hydrogen) atoms. The van der Waals surface area contributed by atoms with E-state index in [0.717, 1.165) is 6.54 Å². The van der Waals surface area contributed by atoms with Crippen molar-refractivity contribution in [2.45, 2.75) is 31.7 Å². The zero-order valence-corrected chi connectivity index (χ0v) is 11.4. The number of amides is 1. The van der Waals surface area contributed by atoms with E-state index in [1.807, 2.05) is 0 Å². The first kappa shape index (κ1) is 13.8. The molecular weight excluding hydrogens is 240 g/mol. The molecule has 0 aromatic carbocycles. The van der Waals surface area contributed by atoms with Crippen LogP contribution in [0.4, 0.5) is 5.82 Å². The van der Waals surface area contributed by atoms with Gasteiger partial charge in [-0.3, -0.25) is 4.79 Å². The monoisotopic (exact) mass is 262 g/mol. The van der Waals surface area contributed by atoms with E-state index in [0.29, 0.717) is 24.0 Å². The zero-order chi connectivity index (χ0) is 13.7. The first-order valence-electron chi connectivity index (χ1n) is 6.87. The third kappa shape index (κ3) is 3.92. The molecule has 0 atom stereocenters. The number of likely N-dealkylation sites (N-methyl/N-ethyl adjacent to an activating group) is 1. The van der Waals surface area contributed by atoms with Crippen LogP contribution in [0.3, 0.4) is 0 Å². The number of aromatic nitrogens is 1. The number of nitrogens with one attached hydrogen (secondary N) is 1. The largest absolute Gasteiger partial charge is 0.384 e. The van der Waals surface area contributed by atoms with Gasteiger partial charge in [-0.05, 0) is 32.0 Å². The van der Waals surface area contributed by atoms with Crippen LogP contribution in [0.15, 0.2) is 18.3 Å². The minimum absolute atomic E-state index is 0.0890. The number of pyridine rings is 1. The SMILES string of the molecule is CN(CCNC(=O)c1ccnc(N)c1)C1CCCC1. The molecule has 0 unspecified atom stereocenters. The Labute approximate surface area is 114 Å². The lowest BCUT2D eigenvalue weighted by Gasteiger charge is -2.23. The topological polar surface area (TPSA) is 71.2 Å². The van der Waals surface area contributed by atoms with Crippen LogP contribution in [0, 0.1) is 0 Å². The number of rotatable bonds is 5. The summed E-state index contributed by atoms with van der Waals surface area (Å²) in [4.78, 5) is 18.1. The van der Waals surface area contributed by atoms with Gasteiger partial charge in [0.15, 0.2) is 0 Å². The van der Waals surface area contributed by atoms with Gasteiger partial charge in [0.05, 0.1) is 0 Å². The minimum Gasteiger partial charge on any atom is -0.384 e. The summed E-state index contributed by atoms with van der Waals surface area (Å²) in [6, 6.07) is 3.95. The van der Waals surface area contributed by atoms with Crippen molar-refractivity contribution in [1.82, 2.24) is 15.2 Å². The first-order chi connectivity index (χ1) is 9.16. The van der Waals surface area contributed by atoms with Crippen LogP contribution >= 0.6 is 0 Å². The van der Waals surface area contributed by atoms with Gasteiger partial charge in [-0.2, -0.15) is 0 Å². The summed E-state index contributed by atoms with van der Waals surface area (Å²) in [5, 5.41) is 2.92. The fourth-order valence-electron chi connectivity index (χ4n) is 2.57. The Hall–Kier alpha value is -1.62. The van der Waals surface area contributed by atoms with E-state index in [1.165, 1.54) is 25.7 Å². The zero-order valence-electron chi connectivity index (χ0n) is 11.4. The highest BCUT2D eigenvalue weighted by Gasteiger charge is 2.19. The van der Waals surface area contributed by atoms with Gasteiger partial charge in [0.25, 0.3) is 5.91 Å². The van der Waals surface area contributed by atoms with Crippen molar-refractivity contribution in [3.05, 3.63) is 23.9 Å². The van der Waals surface area contributed by atoms with Gasteiger partial charge in [0.1, 0.15) is 5.82 Å². The number of carbonyl (C=O) groups excluding carboxylic acids is 1. The summed E-state index contributed by atoms with van der Waals surface area (Å²) in [5.74, 6) is 0.282. The molecule has 1 aliphatic carbocycles. The highest BCUT2D eigenvalue weighted by Crippen LogP contribution is 2.21. The quantitative estimate of drug-likeness (QED) is 0.838. The summed E-state index contributed by atoms with van der Waals surface area (Å²) in [6.07, 6.45) is 6.78. The van der Waals surface area contributed by atoms with Crippen molar-refractivity contribution < 1.29 is 4.79 Å². The second kappa shape index (κ2) is 6.52. The van der Waals surface area contributed by atoms with E-state index < -0.39 is 0 Å². The van der Waals surface area contributed by atoms with Gasteiger partial charge >= 0.3 is 0 Å². The van der Waals surface area contributed by atoms with Gasteiger partial charge < -0.3 is 16.0 Å². The molecule has 0 aliphatic heterocycles. The molecule has 1 fully saturated rings. The molecular formula is C14H22N4O. The van der Waals surface area contributed by atoms with Crippen LogP contribution in [0.5, 0.6) is 0 Å². The predicted octanol–water partition coefficient (Wildman–Crippen LogP) is 1.27. The highest BCUT2D eigenvalue weighted by atomic mass is 16.1. The maximum atomic E-state index is 11.9. The second-order valence-corrected chi connectivity index (χ2v) is 5.14. The molecule has 1 heterocycles. The standard InChI is InChI=1S/C14H22N4O/c1-18(12-4-2-3-5-12)9-8-17-14(19)11-6-7-16-13(15)10-11/h6-7,10,12H,2-5,8-9H2,1H3,(H2,15,16)(H,17,19). The molecule has 104 valence electrons. The van der Waals surface area contributed by atoms with E-state index in [1.54, 1.807) is 18.3 Å². The van der Waals surface area contributed by atoms with Crippen LogP contribution in [0.25, 0.3) is 0 Å². The summed E-state index contributed by atoms with van der Waals surface area (Å²) in [7, 11) is 2.13. The van der Waals surface area contributed by atoms with Crippen molar-refractivity contribution in [2.24, 2.45) is 0 Å². The summed E-state index contributed by atoms with van der Waals surface area (Å²) in [6.45, 7) is 1.55. The van der Waals surface area contributed by atoms with Crippen LogP contribution in [0.2, 0.25) is 0 Å². The van der Waals surface area contributed by atoms with E-state index in [2.05, 4.69) is 22.2 Å². The summed E-state index contributed by atoms with van der Waals surface area (Å²) >= 11 is 0. The Balaban J connectivity index is 1.74. The lowest BCUT2D eigenvalue weighted by molar-refractivity contribution is 0.0947. The van der Waals surface area contributed by atoms with E-state index in [-0.39, 0.29) is 5.91 Å². The summed E-state index contributed by atoms with van der Waals surface area (Å²) < 4.78 is 0. The van der Waals surface area contributed by atoms with Crippen molar-refractivity contribution in [2.75, 3.05) is 25.9 Å². The molecule has 5 nitrogen and oxygen atoms in total. The van der Waals surface area contributed by atoms with Gasteiger partial charge in [-0.15, -0.1) is 0 Å². The molecule has 5 heteroatoms. The molecule has 2 rings (SSSR count). The molecule has 3 N–H and O–H groups in total. The van der Waals surface area contributed by atoms with E-state index in [9.17, 15) is 4.79 Å². The minimum atomic E-state index is -0.0890. The average Bonchev–Trinajstić information content (AvgIpc) is 2.92. The molecule has 1 aliphatic rings. The molecule has 1 aromatic heterocycles. The average molecular weight is 262 g/mol. The van der Waals surface area contributed by atoms with Crippen LogP contribution in [0.1, 0.15) is 36.0 Å². The number of hydrogen-bond acceptors (Lipinski definition) is 4. The molecule has 1 saturated carbocycles. The maximum Gasteiger partial charge on any atom is 0.251 e. The van der Waals surface area contributed by atoms with Crippen LogP contribution < -0.4 is 11.1 Å². The van der Waals surface area contributed by atoms with Crippen molar-refractivity contribution in [1.29, 1.82) is 0 Å². The number of carbonyl (C=O) groups is 1. The van der Waals surface area contributed by atoms with Crippen molar-refractivity contribution in [3.8, 4) is 0 Å². The third-order valence-corrected chi connectivity index (χ3v) is 3.74. The van der Waals surface area contributed by atoms with Crippen LogP contribution in [-0.2, 0) is 0 Å². The molecule has 0 radical (unpaired) electrons. The highest BCUT2D eigenvalue weighted by molar-refractivity contribution is 5.94. The van der Waals surface area contributed by atoms with Crippen molar-refractivity contribution in [3.63, 3.8) is 0 Å². The smallest absolute Gasteiger partial charge is 0.251 e. The molecule has 0 bridgehead atoms. The number of hydrogen-bond donors (Lipinski definition) is 2. The molecule has 1 aromatic rings. The fraction of sp³-hybridized carbons (Fsp3) is 0.571. The van der Waals surface area contributed by atoms with Gasteiger partial charge in [-0.1, -0.05) is 12.8 Å². The number of anilines is 1. The normalized spacial score (nSPS) is 15.9. The van der Waals surface area contributed by atoms with Gasteiger partial charge in [0, 0.05) is 30.9 Å². The molecule has 1 amide bonds. The predicted molar refractivity (Wildman–Crippen MR) is 75.9 cm³/mol. The lowest BCUT2D eigenvalue weighted by Crippen LogP contribution is -2.37. The maximum absolute atomic E-state index is 11.9.